The fraction of sp³-hybridized carbons (Fsp3) is 0.750. The van der Waals surface area contributed by atoms with Gasteiger partial charge in [-0.1, -0.05) is 37.1 Å². The number of epoxide rings is 2. The van der Waals surface area contributed by atoms with Gasteiger partial charge in [-0.05, 0) is 79.7 Å². The molecule has 1 aromatic carbocycles. The molecule has 4 fully saturated rings. The van der Waals surface area contributed by atoms with Crippen molar-refractivity contribution in [3.05, 3.63) is 35.4 Å². The normalized spacial score (nSPS) is 39.5. The van der Waals surface area contributed by atoms with E-state index in [9.17, 15) is 0 Å². The van der Waals surface area contributed by atoms with E-state index < -0.39 is 0 Å². The van der Waals surface area contributed by atoms with E-state index in [2.05, 4.69) is 24.3 Å². The number of benzene rings is 1. The summed E-state index contributed by atoms with van der Waals surface area (Å²) in [7, 11) is 0. The first-order chi connectivity index (χ1) is 12.8. The Hall–Kier alpha value is -0.860. The molecular formula is C24H34O2. The Labute approximate surface area is 158 Å². The Morgan fingerprint density at radius 1 is 0.692 bits per heavy atom. The Balaban J connectivity index is 1.08. The van der Waals surface area contributed by atoms with Crippen molar-refractivity contribution in [3.63, 3.8) is 0 Å². The summed E-state index contributed by atoms with van der Waals surface area (Å²) in [6.07, 6.45) is 15.2. The van der Waals surface area contributed by atoms with Crippen molar-refractivity contribution in [2.24, 2.45) is 17.8 Å². The minimum Gasteiger partial charge on any atom is -0.373 e. The molecule has 2 nitrogen and oxygen atoms in total. The summed E-state index contributed by atoms with van der Waals surface area (Å²) in [5.41, 5.74) is 3.02. The fourth-order valence-electron chi connectivity index (χ4n) is 5.77. The lowest BCUT2D eigenvalue weighted by molar-refractivity contribution is 0.152. The van der Waals surface area contributed by atoms with Crippen LogP contribution in [0.15, 0.2) is 24.3 Å². The Morgan fingerprint density at radius 2 is 1.27 bits per heavy atom. The molecule has 2 atom stereocenters. The van der Waals surface area contributed by atoms with E-state index in [4.69, 9.17) is 9.47 Å². The Kier molecular flexibility index (Phi) is 5.07. The Morgan fingerprint density at radius 3 is 1.85 bits per heavy atom. The lowest BCUT2D eigenvalue weighted by Gasteiger charge is -2.38. The summed E-state index contributed by atoms with van der Waals surface area (Å²) < 4.78 is 10.8. The average Bonchev–Trinajstić information content (AvgIpc) is 3.61. The van der Waals surface area contributed by atoms with Gasteiger partial charge in [-0.3, -0.25) is 0 Å². The zero-order chi connectivity index (χ0) is 17.3. The highest BCUT2D eigenvalue weighted by Gasteiger charge is 2.33. The predicted molar refractivity (Wildman–Crippen MR) is 104 cm³/mol. The van der Waals surface area contributed by atoms with Crippen LogP contribution in [0.5, 0.6) is 0 Å². The minimum atomic E-state index is 0.503. The van der Waals surface area contributed by atoms with E-state index >= 15 is 0 Å². The molecule has 0 radical (unpaired) electrons. The van der Waals surface area contributed by atoms with Gasteiger partial charge in [0.2, 0.25) is 0 Å². The number of rotatable bonds is 6. The molecule has 2 heteroatoms. The first-order valence-electron chi connectivity index (χ1n) is 11.2. The molecule has 2 unspecified atom stereocenters. The Bertz CT molecular complexity index is 571. The molecule has 142 valence electrons. The zero-order valence-corrected chi connectivity index (χ0v) is 16.1. The second-order valence-electron chi connectivity index (χ2n) is 9.48. The van der Waals surface area contributed by atoms with Gasteiger partial charge in [-0.25, -0.2) is 0 Å². The standard InChI is InChI=1S/C24H34O2/c1-5-19(6-2-17(1)13-23-15-25-23)21-9-11-22(12-10-21)20-7-3-18(4-8-20)14-24-16-26-24/h1-2,5-6,18,20-24H,3-4,7-16H2. The summed E-state index contributed by atoms with van der Waals surface area (Å²) in [5.74, 6) is 3.80. The van der Waals surface area contributed by atoms with Crippen LogP contribution in [-0.2, 0) is 15.9 Å². The van der Waals surface area contributed by atoms with Gasteiger partial charge in [-0.15, -0.1) is 0 Å². The van der Waals surface area contributed by atoms with Crippen LogP contribution < -0.4 is 0 Å². The van der Waals surface area contributed by atoms with Crippen LogP contribution in [-0.4, -0.2) is 25.4 Å². The van der Waals surface area contributed by atoms with Crippen LogP contribution in [0.3, 0.4) is 0 Å². The second-order valence-corrected chi connectivity index (χ2v) is 9.48. The van der Waals surface area contributed by atoms with Crippen LogP contribution in [0.4, 0.5) is 0 Å². The van der Waals surface area contributed by atoms with Crippen LogP contribution in [0.1, 0.15) is 74.8 Å². The quantitative estimate of drug-likeness (QED) is 0.630. The lowest BCUT2D eigenvalue weighted by atomic mass is 9.68. The fourth-order valence-corrected chi connectivity index (χ4v) is 5.77. The molecule has 2 saturated carbocycles. The largest absolute Gasteiger partial charge is 0.373 e. The van der Waals surface area contributed by atoms with Gasteiger partial charge in [-0.2, -0.15) is 0 Å². The van der Waals surface area contributed by atoms with Crippen molar-refractivity contribution in [1.82, 2.24) is 0 Å². The maximum atomic E-state index is 5.43. The van der Waals surface area contributed by atoms with Gasteiger partial charge in [0.15, 0.2) is 0 Å². The maximum absolute atomic E-state index is 5.43. The SMILES string of the molecule is c1cc(C2CCC(C3CCC(CC4CO4)CC3)CC2)ccc1CC1CO1. The third-order valence-corrected chi connectivity index (χ3v) is 7.65. The molecule has 26 heavy (non-hydrogen) atoms. The lowest BCUT2D eigenvalue weighted by Crippen LogP contribution is -2.25. The third-order valence-electron chi connectivity index (χ3n) is 7.65. The first-order valence-corrected chi connectivity index (χ1v) is 11.2. The van der Waals surface area contributed by atoms with E-state index in [-0.39, 0.29) is 0 Å². The molecule has 0 amide bonds. The van der Waals surface area contributed by atoms with E-state index in [1.165, 1.54) is 63.4 Å². The molecule has 0 bridgehead atoms. The summed E-state index contributed by atoms with van der Waals surface area (Å²) in [5, 5.41) is 0. The zero-order valence-electron chi connectivity index (χ0n) is 16.1. The smallest absolute Gasteiger partial charge is 0.0850 e. The molecule has 0 spiro atoms. The van der Waals surface area contributed by atoms with Gasteiger partial charge in [0.05, 0.1) is 25.4 Å². The van der Waals surface area contributed by atoms with Crippen LogP contribution >= 0.6 is 0 Å². The number of ether oxygens (including phenoxy) is 2. The minimum absolute atomic E-state index is 0.503. The van der Waals surface area contributed by atoms with Crippen molar-refractivity contribution in [3.8, 4) is 0 Å². The molecule has 5 rings (SSSR count). The summed E-state index contributed by atoms with van der Waals surface area (Å²) >= 11 is 0. The summed E-state index contributed by atoms with van der Waals surface area (Å²) in [4.78, 5) is 0. The third kappa shape index (κ3) is 4.34. The van der Waals surface area contributed by atoms with E-state index in [1.54, 1.807) is 5.56 Å². The van der Waals surface area contributed by atoms with Crippen LogP contribution in [0.25, 0.3) is 0 Å². The molecule has 0 N–H and O–H groups in total. The number of hydrogen-bond donors (Lipinski definition) is 0. The maximum Gasteiger partial charge on any atom is 0.0850 e. The van der Waals surface area contributed by atoms with E-state index in [1.807, 2.05) is 0 Å². The van der Waals surface area contributed by atoms with E-state index in [0.717, 1.165) is 43.3 Å². The highest BCUT2D eigenvalue weighted by molar-refractivity contribution is 5.26. The van der Waals surface area contributed by atoms with Crippen molar-refractivity contribution < 1.29 is 9.47 Å². The molecule has 2 aliphatic heterocycles. The molecule has 2 heterocycles. The highest BCUT2D eigenvalue weighted by atomic mass is 16.6. The molecule has 1 aromatic rings. The molecular weight excluding hydrogens is 320 g/mol. The van der Waals surface area contributed by atoms with Crippen LogP contribution in [0, 0.1) is 17.8 Å². The van der Waals surface area contributed by atoms with Gasteiger partial charge < -0.3 is 9.47 Å². The topological polar surface area (TPSA) is 25.1 Å². The molecule has 2 saturated heterocycles. The molecule has 0 aromatic heterocycles. The first kappa shape index (κ1) is 17.3. The summed E-state index contributed by atoms with van der Waals surface area (Å²) in [6, 6.07) is 9.48. The van der Waals surface area contributed by atoms with Crippen molar-refractivity contribution in [2.75, 3.05) is 13.2 Å². The average molecular weight is 355 g/mol. The molecule has 2 aliphatic carbocycles. The van der Waals surface area contributed by atoms with Crippen molar-refractivity contribution in [1.29, 1.82) is 0 Å². The molecule has 4 aliphatic rings. The van der Waals surface area contributed by atoms with Crippen molar-refractivity contribution in [2.45, 2.75) is 82.3 Å². The van der Waals surface area contributed by atoms with Gasteiger partial charge in [0.1, 0.15) is 0 Å². The monoisotopic (exact) mass is 354 g/mol. The van der Waals surface area contributed by atoms with Crippen molar-refractivity contribution >= 4 is 0 Å². The number of hydrogen-bond acceptors (Lipinski definition) is 2. The van der Waals surface area contributed by atoms with Gasteiger partial charge in [0, 0.05) is 6.42 Å². The van der Waals surface area contributed by atoms with E-state index in [0.29, 0.717) is 12.2 Å². The summed E-state index contributed by atoms with van der Waals surface area (Å²) in [6.45, 7) is 2.00. The highest BCUT2D eigenvalue weighted by Crippen LogP contribution is 2.45. The van der Waals surface area contributed by atoms with Gasteiger partial charge in [0.25, 0.3) is 0 Å². The predicted octanol–water partition coefficient (Wildman–Crippen LogP) is 5.50. The second kappa shape index (κ2) is 7.64. The van der Waals surface area contributed by atoms with Gasteiger partial charge >= 0.3 is 0 Å². The van der Waals surface area contributed by atoms with Crippen LogP contribution in [0.2, 0.25) is 0 Å².